The molecule has 0 aliphatic rings. The summed E-state index contributed by atoms with van der Waals surface area (Å²) in [4.78, 5) is 23.2. The van der Waals surface area contributed by atoms with Crippen LogP contribution in [0.1, 0.15) is 47.0 Å². The summed E-state index contributed by atoms with van der Waals surface area (Å²) in [5, 5.41) is 3.04. The molecule has 1 atom stereocenters. The minimum atomic E-state index is -0.959. The summed E-state index contributed by atoms with van der Waals surface area (Å²) in [6.07, 6.45) is 2.88. The maximum Gasteiger partial charge on any atom is 0.516 e. The second-order valence-electron chi connectivity index (χ2n) is 5.26. The van der Waals surface area contributed by atoms with E-state index in [1.165, 1.54) is 0 Å². The molecule has 0 unspecified atom stereocenters. The lowest BCUT2D eigenvalue weighted by Gasteiger charge is -2.20. The molecule has 0 heterocycles. The Morgan fingerprint density at radius 3 is 2.47 bits per heavy atom. The maximum absolute atomic E-state index is 11.8. The van der Waals surface area contributed by atoms with Gasteiger partial charge in [0, 0.05) is 0 Å². The lowest BCUT2D eigenvalue weighted by Crippen LogP contribution is -2.40. The van der Waals surface area contributed by atoms with Crippen molar-refractivity contribution in [3.63, 3.8) is 0 Å². The highest BCUT2D eigenvalue weighted by Gasteiger charge is 2.25. The van der Waals surface area contributed by atoms with Gasteiger partial charge in [-0.3, -0.25) is 0 Å². The topological polar surface area (TPSA) is 64.6 Å². The Morgan fingerprint density at radius 2 is 2.00 bits per heavy atom. The smallest absolute Gasteiger partial charge is 0.428 e. The fourth-order valence-electron chi connectivity index (χ4n) is 1.33. The Kier molecular flexibility index (Phi) is 8.07. The van der Waals surface area contributed by atoms with Crippen molar-refractivity contribution in [3.05, 3.63) is 12.7 Å². The van der Waals surface area contributed by atoms with E-state index in [4.69, 9.17) is 4.74 Å². The molecular formula is C14H25NO4. The number of allylic oxidation sites excluding steroid dienone is 1. The number of carbonyl (C=O) groups excluding carboxylic acids is 2. The molecule has 1 N–H and O–H groups in total. The summed E-state index contributed by atoms with van der Waals surface area (Å²) in [6, 6.07) is -0.509. The first-order valence-electron chi connectivity index (χ1n) is 6.59. The number of ether oxygens (including phenoxy) is 2. The fraction of sp³-hybridized carbons (Fsp3) is 0.714. The number of esters is 1. The van der Waals surface area contributed by atoms with Gasteiger partial charge in [0.1, 0.15) is 11.6 Å². The molecule has 5 nitrogen and oxygen atoms in total. The number of hydrogen-bond donors (Lipinski definition) is 1. The molecule has 0 fully saturated rings. The molecule has 0 aliphatic heterocycles. The van der Waals surface area contributed by atoms with Gasteiger partial charge in [-0.1, -0.05) is 13.0 Å². The highest BCUT2D eigenvalue weighted by Crippen LogP contribution is 2.09. The van der Waals surface area contributed by atoms with E-state index in [-0.39, 0.29) is 0 Å². The standard InChI is InChI=1S/C14H25NO4/c1-6-8-9-11(15-10-7-2)12(16)18-13(17)19-14(3,4)5/h6,11,15H,1,7-10H2,2-5H3/t11-/m0/s1. The lowest BCUT2D eigenvalue weighted by molar-refractivity contribution is -0.144. The zero-order chi connectivity index (χ0) is 14.9. The first-order valence-corrected chi connectivity index (χ1v) is 6.59. The van der Waals surface area contributed by atoms with Crippen molar-refractivity contribution in [1.82, 2.24) is 5.32 Å². The molecule has 0 aromatic rings. The second kappa shape index (κ2) is 8.69. The minimum Gasteiger partial charge on any atom is -0.428 e. The molecule has 5 heteroatoms. The van der Waals surface area contributed by atoms with Crippen molar-refractivity contribution in [2.45, 2.75) is 58.6 Å². The molecule has 0 spiro atoms. The van der Waals surface area contributed by atoms with Gasteiger partial charge in [0.05, 0.1) is 0 Å². The molecular weight excluding hydrogens is 246 g/mol. The Hall–Kier alpha value is -1.36. The van der Waals surface area contributed by atoms with Crippen LogP contribution in [0.15, 0.2) is 12.7 Å². The van der Waals surface area contributed by atoms with Gasteiger partial charge in [0.25, 0.3) is 0 Å². The van der Waals surface area contributed by atoms with E-state index in [9.17, 15) is 9.59 Å². The van der Waals surface area contributed by atoms with Crippen molar-refractivity contribution < 1.29 is 19.1 Å². The largest absolute Gasteiger partial charge is 0.516 e. The normalized spacial score (nSPS) is 12.6. The monoisotopic (exact) mass is 271 g/mol. The summed E-state index contributed by atoms with van der Waals surface area (Å²) < 4.78 is 9.62. The zero-order valence-corrected chi connectivity index (χ0v) is 12.3. The van der Waals surface area contributed by atoms with Crippen molar-refractivity contribution >= 4 is 12.1 Å². The predicted molar refractivity (Wildman–Crippen MR) is 73.8 cm³/mol. The van der Waals surface area contributed by atoms with Crippen LogP contribution >= 0.6 is 0 Å². The third-order valence-corrected chi connectivity index (χ3v) is 2.16. The molecule has 19 heavy (non-hydrogen) atoms. The number of hydrogen-bond acceptors (Lipinski definition) is 5. The van der Waals surface area contributed by atoms with Crippen LogP contribution in [0.5, 0.6) is 0 Å². The maximum atomic E-state index is 11.8. The van der Waals surface area contributed by atoms with E-state index in [0.717, 1.165) is 6.42 Å². The Labute approximate surface area is 115 Å². The van der Waals surface area contributed by atoms with Crippen LogP contribution < -0.4 is 5.32 Å². The summed E-state index contributed by atoms with van der Waals surface area (Å²) in [5.74, 6) is -0.607. The van der Waals surface area contributed by atoms with Gasteiger partial charge >= 0.3 is 12.1 Å². The minimum absolute atomic E-state index is 0.509. The molecule has 0 aromatic carbocycles. The Morgan fingerprint density at radius 1 is 1.37 bits per heavy atom. The molecule has 0 radical (unpaired) electrons. The number of rotatable bonds is 7. The van der Waals surface area contributed by atoms with Gasteiger partial charge in [-0.25, -0.2) is 9.59 Å². The van der Waals surface area contributed by atoms with Crippen LogP contribution in [-0.2, 0) is 14.3 Å². The van der Waals surface area contributed by atoms with Crippen molar-refractivity contribution in [3.8, 4) is 0 Å². The van der Waals surface area contributed by atoms with E-state index < -0.39 is 23.8 Å². The van der Waals surface area contributed by atoms with Crippen molar-refractivity contribution in [2.75, 3.05) is 6.54 Å². The fourth-order valence-corrected chi connectivity index (χ4v) is 1.33. The van der Waals surface area contributed by atoms with Gasteiger partial charge in [-0.05, 0) is 46.6 Å². The van der Waals surface area contributed by atoms with Crippen LogP contribution in [0.2, 0.25) is 0 Å². The molecule has 0 aromatic heterocycles. The molecule has 0 aliphatic carbocycles. The predicted octanol–water partition coefficient (Wildman–Crippen LogP) is 2.80. The average molecular weight is 271 g/mol. The summed E-state index contributed by atoms with van der Waals surface area (Å²) in [7, 11) is 0. The van der Waals surface area contributed by atoms with E-state index in [1.807, 2.05) is 6.92 Å². The molecule has 0 rings (SSSR count). The molecule has 0 amide bonds. The molecule has 0 saturated carbocycles. The molecule has 0 saturated heterocycles. The Balaban J connectivity index is 4.36. The first-order chi connectivity index (χ1) is 8.80. The lowest BCUT2D eigenvalue weighted by atomic mass is 10.1. The van der Waals surface area contributed by atoms with E-state index in [1.54, 1.807) is 26.8 Å². The average Bonchev–Trinajstić information content (AvgIpc) is 2.26. The van der Waals surface area contributed by atoms with Crippen LogP contribution in [0.3, 0.4) is 0 Å². The second-order valence-corrected chi connectivity index (χ2v) is 5.26. The zero-order valence-electron chi connectivity index (χ0n) is 12.3. The third kappa shape index (κ3) is 9.25. The van der Waals surface area contributed by atoms with E-state index in [2.05, 4.69) is 16.6 Å². The van der Waals surface area contributed by atoms with Crippen molar-refractivity contribution in [1.29, 1.82) is 0 Å². The number of carbonyl (C=O) groups is 2. The van der Waals surface area contributed by atoms with Gasteiger partial charge in [-0.15, -0.1) is 6.58 Å². The highest BCUT2D eigenvalue weighted by molar-refractivity contribution is 5.85. The van der Waals surface area contributed by atoms with Gasteiger partial charge in [-0.2, -0.15) is 0 Å². The van der Waals surface area contributed by atoms with Crippen molar-refractivity contribution in [2.24, 2.45) is 0 Å². The van der Waals surface area contributed by atoms with Crippen LogP contribution in [0.25, 0.3) is 0 Å². The summed E-state index contributed by atoms with van der Waals surface area (Å²) in [6.45, 7) is 11.4. The van der Waals surface area contributed by atoms with Crippen LogP contribution in [0, 0.1) is 0 Å². The van der Waals surface area contributed by atoms with E-state index >= 15 is 0 Å². The Bertz CT molecular complexity index is 307. The SMILES string of the molecule is C=CCC[C@H](NCCC)C(=O)OC(=O)OC(C)(C)C. The van der Waals surface area contributed by atoms with Gasteiger partial charge < -0.3 is 14.8 Å². The summed E-state index contributed by atoms with van der Waals surface area (Å²) in [5.41, 5.74) is -0.676. The van der Waals surface area contributed by atoms with Gasteiger partial charge in [0.15, 0.2) is 0 Å². The highest BCUT2D eigenvalue weighted by atomic mass is 16.7. The van der Waals surface area contributed by atoms with Gasteiger partial charge in [0.2, 0.25) is 0 Å². The molecule has 110 valence electrons. The first kappa shape index (κ1) is 17.6. The quantitative estimate of drug-likeness (QED) is 0.438. The van der Waals surface area contributed by atoms with E-state index in [0.29, 0.717) is 19.4 Å². The number of nitrogens with one attached hydrogen (secondary N) is 1. The third-order valence-electron chi connectivity index (χ3n) is 2.16. The molecule has 0 bridgehead atoms. The summed E-state index contributed by atoms with van der Waals surface area (Å²) >= 11 is 0. The van der Waals surface area contributed by atoms with Crippen LogP contribution in [0.4, 0.5) is 4.79 Å². The van der Waals surface area contributed by atoms with Crippen LogP contribution in [-0.4, -0.2) is 30.3 Å².